The van der Waals surface area contributed by atoms with Gasteiger partial charge in [0.2, 0.25) is 0 Å². The van der Waals surface area contributed by atoms with Crippen LogP contribution in [0, 0.1) is 0 Å². The molecule has 3 aromatic carbocycles. The maximum absolute atomic E-state index is 13.5. The maximum Gasteiger partial charge on any atom is 0.300 e. The highest BCUT2D eigenvalue weighted by Crippen LogP contribution is 2.44. The number of methoxy groups -OCH3 is 2. The molecule has 1 aliphatic heterocycles. The van der Waals surface area contributed by atoms with Gasteiger partial charge in [0.15, 0.2) is 11.5 Å². The van der Waals surface area contributed by atoms with E-state index in [9.17, 15) is 14.7 Å². The number of nitrogens with zero attached hydrogens (tertiary/aromatic N) is 2. The topological polar surface area (TPSA) is 88.5 Å². The number of ketones is 1. The number of ether oxygens (including phenoxy) is 3. The molecule has 0 saturated carbocycles. The zero-order chi connectivity index (χ0) is 27.6. The van der Waals surface area contributed by atoms with Crippen LogP contribution in [0.15, 0.2) is 66.2 Å². The maximum atomic E-state index is 13.5. The quantitative estimate of drug-likeness (QED) is 0.233. The van der Waals surface area contributed by atoms with Crippen molar-refractivity contribution in [1.82, 2.24) is 0 Å². The van der Waals surface area contributed by atoms with Gasteiger partial charge in [0, 0.05) is 37.1 Å². The monoisotopic (exact) mass is 536 g/mol. The Hall–Kier alpha value is -4.17. The highest BCUT2D eigenvalue weighted by atomic mass is 35.5. The molecule has 8 nitrogen and oxygen atoms in total. The predicted octanol–water partition coefficient (Wildman–Crippen LogP) is 5.45. The van der Waals surface area contributed by atoms with Crippen LogP contribution in [-0.2, 0) is 9.59 Å². The fraction of sp³-hybridized carbons (Fsp3) is 0.241. The summed E-state index contributed by atoms with van der Waals surface area (Å²) in [5, 5.41) is 11.8. The summed E-state index contributed by atoms with van der Waals surface area (Å²) in [6.07, 6.45) is 0. The van der Waals surface area contributed by atoms with Crippen molar-refractivity contribution in [2.24, 2.45) is 0 Å². The van der Waals surface area contributed by atoms with E-state index in [0.717, 1.165) is 5.69 Å². The lowest BCUT2D eigenvalue weighted by Gasteiger charge is -2.26. The summed E-state index contributed by atoms with van der Waals surface area (Å²) in [7, 11) is 6.84. The minimum Gasteiger partial charge on any atom is -0.507 e. The molecule has 4 rings (SSSR count). The van der Waals surface area contributed by atoms with Crippen molar-refractivity contribution in [2.75, 3.05) is 44.7 Å². The Labute approximate surface area is 226 Å². The van der Waals surface area contributed by atoms with Gasteiger partial charge < -0.3 is 24.2 Å². The Morgan fingerprint density at radius 3 is 2.24 bits per heavy atom. The summed E-state index contributed by atoms with van der Waals surface area (Å²) in [5.74, 6) is -0.687. The molecule has 3 aromatic rings. The summed E-state index contributed by atoms with van der Waals surface area (Å²) in [6.45, 7) is 2.18. The molecule has 198 valence electrons. The van der Waals surface area contributed by atoms with Gasteiger partial charge in [-0.15, -0.1) is 0 Å². The van der Waals surface area contributed by atoms with Crippen molar-refractivity contribution in [3.8, 4) is 17.2 Å². The van der Waals surface area contributed by atoms with Crippen molar-refractivity contribution in [2.45, 2.75) is 13.0 Å². The number of amides is 1. The van der Waals surface area contributed by atoms with Crippen molar-refractivity contribution in [3.63, 3.8) is 0 Å². The SMILES string of the molecule is CCOc1cc(/C(O)=C2\C(=O)C(=O)N(c3ccc(OC)c(OC)c3)C2c2ccc(N(C)C)cc2)ccc1Cl. The van der Waals surface area contributed by atoms with Crippen molar-refractivity contribution in [3.05, 3.63) is 82.4 Å². The molecule has 0 aromatic heterocycles. The van der Waals surface area contributed by atoms with Gasteiger partial charge in [-0.25, -0.2) is 0 Å². The summed E-state index contributed by atoms with van der Waals surface area (Å²) < 4.78 is 16.3. The molecule has 1 N–H and O–H groups in total. The third kappa shape index (κ3) is 4.87. The van der Waals surface area contributed by atoms with Crippen molar-refractivity contribution in [1.29, 1.82) is 0 Å². The van der Waals surface area contributed by atoms with E-state index in [1.54, 1.807) is 36.4 Å². The molecule has 1 fully saturated rings. The summed E-state index contributed by atoms with van der Waals surface area (Å²) in [4.78, 5) is 30.3. The van der Waals surface area contributed by atoms with Gasteiger partial charge in [-0.1, -0.05) is 23.7 Å². The fourth-order valence-electron chi connectivity index (χ4n) is 4.42. The fourth-order valence-corrected chi connectivity index (χ4v) is 4.59. The summed E-state index contributed by atoms with van der Waals surface area (Å²) in [6, 6.07) is 16.2. The number of aliphatic hydroxyl groups excluding tert-OH is 1. The van der Waals surface area contributed by atoms with E-state index in [0.29, 0.717) is 45.7 Å². The zero-order valence-corrected chi connectivity index (χ0v) is 22.6. The van der Waals surface area contributed by atoms with Crippen molar-refractivity contribution >= 4 is 40.4 Å². The number of benzene rings is 3. The number of Topliss-reactive ketones (excluding diaryl/α,β-unsaturated/α-hetero) is 1. The number of hydrogen-bond donors (Lipinski definition) is 1. The third-order valence-corrected chi connectivity index (χ3v) is 6.63. The molecule has 1 amide bonds. The van der Waals surface area contributed by atoms with Gasteiger partial charge in [0.05, 0.1) is 37.5 Å². The van der Waals surface area contributed by atoms with Crippen LogP contribution >= 0.6 is 11.6 Å². The van der Waals surface area contributed by atoms with E-state index in [2.05, 4.69) is 0 Å². The molecular weight excluding hydrogens is 508 g/mol. The molecular formula is C29H29ClN2O6. The van der Waals surface area contributed by atoms with E-state index in [-0.39, 0.29) is 11.3 Å². The Bertz CT molecular complexity index is 1400. The zero-order valence-electron chi connectivity index (χ0n) is 21.8. The average molecular weight is 537 g/mol. The normalized spacial score (nSPS) is 16.5. The largest absolute Gasteiger partial charge is 0.507 e. The Balaban J connectivity index is 1.93. The van der Waals surface area contributed by atoms with Gasteiger partial charge >= 0.3 is 0 Å². The first-order valence-corrected chi connectivity index (χ1v) is 12.3. The average Bonchev–Trinajstić information content (AvgIpc) is 3.19. The smallest absolute Gasteiger partial charge is 0.300 e. The Morgan fingerprint density at radius 2 is 1.63 bits per heavy atom. The molecule has 0 spiro atoms. The van der Waals surface area contributed by atoms with Crippen LogP contribution in [-0.4, -0.2) is 51.7 Å². The number of hydrogen-bond acceptors (Lipinski definition) is 7. The molecule has 1 unspecified atom stereocenters. The van der Waals surface area contributed by atoms with E-state index in [1.807, 2.05) is 50.2 Å². The molecule has 9 heteroatoms. The van der Waals surface area contributed by atoms with Gasteiger partial charge in [-0.05, 0) is 55.0 Å². The number of halogens is 1. The lowest BCUT2D eigenvalue weighted by atomic mass is 9.94. The number of carbonyl (C=O) groups excluding carboxylic acids is 2. The molecule has 38 heavy (non-hydrogen) atoms. The second-order valence-electron chi connectivity index (χ2n) is 8.77. The van der Waals surface area contributed by atoms with E-state index < -0.39 is 17.7 Å². The first-order chi connectivity index (χ1) is 18.2. The minimum atomic E-state index is -0.907. The third-order valence-electron chi connectivity index (χ3n) is 6.32. The molecule has 0 aliphatic carbocycles. The Morgan fingerprint density at radius 1 is 0.947 bits per heavy atom. The van der Waals surface area contributed by atoms with Crippen LogP contribution in [0.3, 0.4) is 0 Å². The van der Waals surface area contributed by atoms with Crippen LogP contribution in [0.2, 0.25) is 5.02 Å². The molecule has 1 aliphatic rings. The first-order valence-electron chi connectivity index (χ1n) is 11.9. The number of aliphatic hydroxyl groups is 1. The van der Waals surface area contributed by atoms with Crippen LogP contribution in [0.4, 0.5) is 11.4 Å². The highest BCUT2D eigenvalue weighted by molar-refractivity contribution is 6.51. The molecule has 1 heterocycles. The van der Waals surface area contributed by atoms with E-state index in [1.165, 1.54) is 19.1 Å². The van der Waals surface area contributed by atoms with Crippen LogP contribution in [0.25, 0.3) is 5.76 Å². The van der Waals surface area contributed by atoms with Crippen LogP contribution in [0.5, 0.6) is 17.2 Å². The van der Waals surface area contributed by atoms with Gasteiger partial charge in [0.25, 0.3) is 11.7 Å². The number of carbonyl (C=O) groups is 2. The second-order valence-corrected chi connectivity index (χ2v) is 9.18. The predicted molar refractivity (Wildman–Crippen MR) is 148 cm³/mol. The standard InChI is InChI=1S/C29H29ClN2O6/c1-6-38-23-15-18(9-13-21(23)30)27(33)25-26(17-7-10-19(11-8-17)31(2)3)32(29(35)28(25)34)20-12-14-22(36-4)24(16-20)37-5/h7-16,26,33H,6H2,1-5H3/b27-25+. The van der Waals surface area contributed by atoms with Gasteiger partial charge in [0.1, 0.15) is 11.5 Å². The first kappa shape index (κ1) is 26.9. The molecule has 1 atom stereocenters. The summed E-state index contributed by atoms with van der Waals surface area (Å²) >= 11 is 6.23. The lowest BCUT2D eigenvalue weighted by molar-refractivity contribution is -0.132. The second kappa shape index (κ2) is 11.1. The van der Waals surface area contributed by atoms with Gasteiger partial charge in [-0.3, -0.25) is 14.5 Å². The van der Waals surface area contributed by atoms with E-state index in [4.69, 9.17) is 25.8 Å². The number of anilines is 2. The molecule has 0 bridgehead atoms. The van der Waals surface area contributed by atoms with Gasteiger partial charge in [-0.2, -0.15) is 0 Å². The van der Waals surface area contributed by atoms with Crippen LogP contribution < -0.4 is 24.0 Å². The lowest BCUT2D eigenvalue weighted by Crippen LogP contribution is -2.29. The summed E-state index contributed by atoms with van der Waals surface area (Å²) in [5.41, 5.74) is 2.25. The Kier molecular flexibility index (Phi) is 7.83. The highest BCUT2D eigenvalue weighted by Gasteiger charge is 2.47. The van der Waals surface area contributed by atoms with Crippen molar-refractivity contribution < 1.29 is 28.9 Å². The van der Waals surface area contributed by atoms with E-state index >= 15 is 0 Å². The number of rotatable bonds is 8. The minimum absolute atomic E-state index is 0.0489. The molecule has 1 saturated heterocycles. The van der Waals surface area contributed by atoms with Crippen LogP contribution in [0.1, 0.15) is 24.1 Å². The molecule has 0 radical (unpaired) electrons.